The number of hydrogen-bond acceptors (Lipinski definition) is 1. The van der Waals surface area contributed by atoms with Crippen molar-refractivity contribution >= 4 is 0 Å². The topological polar surface area (TPSA) is 12.0 Å². The van der Waals surface area contributed by atoms with Crippen molar-refractivity contribution in [3.63, 3.8) is 0 Å². The highest BCUT2D eigenvalue weighted by Gasteiger charge is 1.99. The van der Waals surface area contributed by atoms with Gasteiger partial charge in [-0.05, 0) is 42.9 Å². The molecule has 0 saturated carbocycles. The van der Waals surface area contributed by atoms with Gasteiger partial charge in [-0.2, -0.15) is 0 Å². The molecule has 0 unspecified atom stereocenters. The minimum Gasteiger partial charge on any atom is -0.360 e. The molecule has 0 bridgehead atoms. The molecule has 0 aliphatic heterocycles. The zero-order valence-electron chi connectivity index (χ0n) is 13.5. The van der Waals surface area contributed by atoms with E-state index in [2.05, 4.69) is 75.7 Å². The smallest absolute Gasteiger partial charge is 0.0308 e. The highest BCUT2D eigenvalue weighted by atomic mass is 14.9. The highest BCUT2D eigenvalue weighted by molar-refractivity contribution is 5.28. The fraction of sp³-hybridized carbons (Fsp3) is 0.300. The predicted molar refractivity (Wildman–Crippen MR) is 93.9 cm³/mol. The maximum absolute atomic E-state index is 4.07. The van der Waals surface area contributed by atoms with Crippen LogP contribution < -0.4 is 5.32 Å². The third-order valence-electron chi connectivity index (χ3n) is 3.37. The number of nitrogens with one attached hydrogen (secondary N) is 1. The van der Waals surface area contributed by atoms with E-state index >= 15 is 0 Å². The van der Waals surface area contributed by atoms with Crippen molar-refractivity contribution in [3.05, 3.63) is 84.2 Å². The van der Waals surface area contributed by atoms with Crippen molar-refractivity contribution in [2.45, 2.75) is 33.6 Å². The Balaban J connectivity index is 2.41. The average molecular weight is 281 g/mol. The molecule has 0 saturated heterocycles. The summed E-state index contributed by atoms with van der Waals surface area (Å²) in [7, 11) is 0. The van der Waals surface area contributed by atoms with Gasteiger partial charge in [0.2, 0.25) is 0 Å². The van der Waals surface area contributed by atoms with Crippen LogP contribution in [0.4, 0.5) is 0 Å². The van der Waals surface area contributed by atoms with Crippen molar-refractivity contribution in [1.82, 2.24) is 5.32 Å². The molecule has 1 aromatic rings. The van der Waals surface area contributed by atoms with Crippen LogP contribution in [0.1, 0.15) is 32.8 Å². The summed E-state index contributed by atoms with van der Waals surface area (Å²) in [5, 5.41) is 3.27. The van der Waals surface area contributed by atoms with E-state index in [1.165, 1.54) is 11.1 Å². The first-order valence-electron chi connectivity index (χ1n) is 7.54. The Morgan fingerprint density at radius 1 is 1.14 bits per heavy atom. The zero-order valence-corrected chi connectivity index (χ0v) is 13.5. The largest absolute Gasteiger partial charge is 0.360 e. The van der Waals surface area contributed by atoms with Gasteiger partial charge in [-0.25, -0.2) is 0 Å². The molecule has 1 aromatic carbocycles. The molecule has 0 fully saturated rings. The van der Waals surface area contributed by atoms with E-state index in [4.69, 9.17) is 0 Å². The maximum Gasteiger partial charge on any atom is 0.0308 e. The Labute approximate surface area is 129 Å². The van der Waals surface area contributed by atoms with Crippen LogP contribution >= 0.6 is 0 Å². The summed E-state index contributed by atoms with van der Waals surface area (Å²) in [5.74, 6) is 0.528. The van der Waals surface area contributed by atoms with E-state index in [-0.39, 0.29) is 0 Å². The first-order valence-corrected chi connectivity index (χ1v) is 7.54. The van der Waals surface area contributed by atoms with Crippen LogP contribution in [-0.2, 0) is 6.42 Å². The van der Waals surface area contributed by atoms with Crippen LogP contribution in [0.5, 0.6) is 0 Å². The van der Waals surface area contributed by atoms with E-state index in [1.807, 2.05) is 12.1 Å². The fourth-order valence-electron chi connectivity index (χ4n) is 2.09. The van der Waals surface area contributed by atoms with Gasteiger partial charge < -0.3 is 5.32 Å². The van der Waals surface area contributed by atoms with Gasteiger partial charge in [0.25, 0.3) is 0 Å². The summed E-state index contributed by atoms with van der Waals surface area (Å²) >= 11 is 0. The van der Waals surface area contributed by atoms with Crippen LogP contribution in [0.15, 0.2) is 78.7 Å². The Hall–Kier alpha value is -2.02. The van der Waals surface area contributed by atoms with Gasteiger partial charge in [0.15, 0.2) is 0 Å². The third-order valence-corrected chi connectivity index (χ3v) is 3.37. The second-order valence-electron chi connectivity index (χ2n) is 5.52. The zero-order chi connectivity index (χ0) is 15.7. The average Bonchev–Trinajstić information content (AvgIpc) is 2.46. The molecule has 1 N–H and O–H groups in total. The molecule has 0 aliphatic rings. The molecule has 0 radical (unpaired) electrons. The van der Waals surface area contributed by atoms with Crippen LogP contribution in [0.2, 0.25) is 0 Å². The van der Waals surface area contributed by atoms with Crippen LogP contribution in [0.3, 0.4) is 0 Å². The number of rotatable bonds is 8. The van der Waals surface area contributed by atoms with Crippen molar-refractivity contribution in [3.8, 4) is 0 Å². The summed E-state index contributed by atoms with van der Waals surface area (Å²) < 4.78 is 0. The van der Waals surface area contributed by atoms with Crippen LogP contribution in [-0.4, -0.2) is 0 Å². The SMILES string of the molecule is C=C(/C=C\C(=C/C)C(C)C)NC(=C)CCc1ccccc1. The first kappa shape index (κ1) is 17.0. The lowest BCUT2D eigenvalue weighted by Gasteiger charge is -2.10. The summed E-state index contributed by atoms with van der Waals surface area (Å²) in [6.45, 7) is 14.5. The summed E-state index contributed by atoms with van der Waals surface area (Å²) in [4.78, 5) is 0. The lowest BCUT2D eigenvalue weighted by molar-refractivity contribution is 0.788. The van der Waals surface area contributed by atoms with Crippen molar-refractivity contribution < 1.29 is 0 Å². The molecule has 0 atom stereocenters. The number of allylic oxidation sites excluding steroid dienone is 5. The summed E-state index contributed by atoms with van der Waals surface area (Å²) in [5.41, 5.74) is 4.53. The van der Waals surface area contributed by atoms with E-state index in [0.29, 0.717) is 5.92 Å². The molecule has 0 amide bonds. The van der Waals surface area contributed by atoms with E-state index in [9.17, 15) is 0 Å². The second-order valence-corrected chi connectivity index (χ2v) is 5.52. The van der Waals surface area contributed by atoms with Gasteiger partial charge in [-0.3, -0.25) is 0 Å². The monoisotopic (exact) mass is 281 g/mol. The van der Waals surface area contributed by atoms with Crippen molar-refractivity contribution in [2.75, 3.05) is 0 Å². The molecule has 112 valence electrons. The highest BCUT2D eigenvalue weighted by Crippen LogP contribution is 2.12. The lowest BCUT2D eigenvalue weighted by Crippen LogP contribution is -2.10. The Kier molecular flexibility index (Phi) is 7.31. The van der Waals surface area contributed by atoms with Gasteiger partial charge in [0.1, 0.15) is 0 Å². The quantitative estimate of drug-likeness (QED) is 0.629. The molecule has 1 heteroatoms. The molecule has 0 aromatic heterocycles. The standard InChI is InChI=1S/C20H27N/c1-6-20(16(2)3)15-13-18(5)21-17(4)12-14-19-10-8-7-9-11-19/h6-11,13,15-16,21H,4-5,12,14H2,1-3H3/b15-13-,20-6+. The Morgan fingerprint density at radius 2 is 1.81 bits per heavy atom. The summed E-state index contributed by atoms with van der Waals surface area (Å²) in [6, 6.07) is 10.5. The maximum atomic E-state index is 4.07. The van der Waals surface area contributed by atoms with Crippen molar-refractivity contribution in [2.24, 2.45) is 5.92 Å². The molecular formula is C20H27N. The summed E-state index contributed by atoms with van der Waals surface area (Å²) in [6.07, 6.45) is 8.18. The van der Waals surface area contributed by atoms with Gasteiger partial charge in [0, 0.05) is 11.4 Å². The van der Waals surface area contributed by atoms with Crippen LogP contribution in [0, 0.1) is 5.92 Å². The van der Waals surface area contributed by atoms with E-state index in [0.717, 1.165) is 24.2 Å². The molecule has 0 heterocycles. The van der Waals surface area contributed by atoms with E-state index < -0.39 is 0 Å². The minimum absolute atomic E-state index is 0.528. The predicted octanol–water partition coefficient (Wildman–Crippen LogP) is 5.39. The van der Waals surface area contributed by atoms with Crippen LogP contribution in [0.25, 0.3) is 0 Å². The van der Waals surface area contributed by atoms with E-state index in [1.54, 1.807) is 0 Å². The van der Waals surface area contributed by atoms with Gasteiger partial charge in [-0.1, -0.05) is 69.5 Å². The number of hydrogen-bond donors (Lipinski definition) is 1. The molecule has 21 heavy (non-hydrogen) atoms. The first-order chi connectivity index (χ1) is 10.0. The Bertz CT molecular complexity index is 518. The number of aryl methyl sites for hydroxylation is 1. The third kappa shape index (κ3) is 6.80. The van der Waals surface area contributed by atoms with Crippen molar-refractivity contribution in [1.29, 1.82) is 0 Å². The second kappa shape index (κ2) is 9.02. The molecular weight excluding hydrogens is 254 g/mol. The normalized spacial score (nSPS) is 11.9. The molecule has 0 aliphatic carbocycles. The van der Waals surface area contributed by atoms with Gasteiger partial charge >= 0.3 is 0 Å². The lowest BCUT2D eigenvalue weighted by atomic mass is 10.0. The molecule has 1 nitrogen and oxygen atoms in total. The fourth-order valence-corrected chi connectivity index (χ4v) is 2.09. The number of benzene rings is 1. The van der Waals surface area contributed by atoms with Gasteiger partial charge in [0.05, 0.1) is 0 Å². The molecule has 0 spiro atoms. The molecule has 1 rings (SSSR count). The Morgan fingerprint density at radius 3 is 2.38 bits per heavy atom. The minimum atomic E-state index is 0.528. The van der Waals surface area contributed by atoms with Gasteiger partial charge in [-0.15, -0.1) is 0 Å².